The van der Waals surface area contributed by atoms with Crippen LogP contribution in [0.5, 0.6) is 5.75 Å². The molecule has 0 amide bonds. The number of ether oxygens (including phenoxy) is 1. The first-order valence-corrected chi connectivity index (χ1v) is 7.86. The predicted octanol–water partition coefficient (Wildman–Crippen LogP) is 5.17. The molecule has 0 aliphatic carbocycles. The Kier molecular flexibility index (Phi) is 3.88. The van der Waals surface area contributed by atoms with Crippen LogP contribution in [0.25, 0.3) is 11.0 Å². The van der Waals surface area contributed by atoms with Gasteiger partial charge in [0, 0.05) is 22.6 Å². The summed E-state index contributed by atoms with van der Waals surface area (Å²) in [6, 6.07) is 7.05. The first kappa shape index (κ1) is 14.7. The smallest absolute Gasteiger partial charge is 0.138 e. The minimum Gasteiger partial charge on any atom is -0.497 e. The highest BCUT2D eigenvalue weighted by Crippen LogP contribution is 2.39. The average molecular weight is 342 g/mol. The number of methoxy groups -OCH3 is 1. The second kappa shape index (κ2) is 5.54. The molecule has 0 aliphatic heterocycles. The Morgan fingerprint density at radius 2 is 2.05 bits per heavy atom. The molecule has 1 atom stereocenters. The maximum Gasteiger partial charge on any atom is 0.138 e. The van der Waals surface area contributed by atoms with Crippen LogP contribution in [0.4, 0.5) is 0 Å². The second-order valence-corrected chi connectivity index (χ2v) is 7.00. The SMILES string of the molecule is COc1ccc2c(C)c(C(N)c3cc(Cl)sc3Cl)oc2c1. The molecular weight excluding hydrogens is 329 g/mol. The highest BCUT2D eigenvalue weighted by Gasteiger charge is 2.22. The minimum atomic E-state index is -0.445. The van der Waals surface area contributed by atoms with Gasteiger partial charge >= 0.3 is 0 Å². The van der Waals surface area contributed by atoms with Gasteiger partial charge in [0.25, 0.3) is 0 Å². The van der Waals surface area contributed by atoms with Crippen molar-refractivity contribution < 1.29 is 9.15 Å². The van der Waals surface area contributed by atoms with Gasteiger partial charge in [-0.15, -0.1) is 11.3 Å². The number of furan rings is 1. The molecule has 0 aliphatic rings. The monoisotopic (exact) mass is 341 g/mol. The highest BCUT2D eigenvalue weighted by molar-refractivity contribution is 7.20. The average Bonchev–Trinajstić information content (AvgIpc) is 2.97. The van der Waals surface area contributed by atoms with E-state index in [2.05, 4.69) is 0 Å². The van der Waals surface area contributed by atoms with Crippen molar-refractivity contribution in [3.8, 4) is 5.75 Å². The summed E-state index contributed by atoms with van der Waals surface area (Å²) in [6.07, 6.45) is 0. The van der Waals surface area contributed by atoms with Gasteiger partial charge in [-0.2, -0.15) is 0 Å². The van der Waals surface area contributed by atoms with Crippen molar-refractivity contribution in [3.63, 3.8) is 0 Å². The Balaban J connectivity index is 2.11. The van der Waals surface area contributed by atoms with E-state index < -0.39 is 6.04 Å². The van der Waals surface area contributed by atoms with Gasteiger partial charge in [-0.3, -0.25) is 0 Å². The molecule has 0 saturated heterocycles. The highest BCUT2D eigenvalue weighted by atomic mass is 35.5. The molecule has 3 nitrogen and oxygen atoms in total. The molecule has 2 heterocycles. The van der Waals surface area contributed by atoms with Crippen LogP contribution in [0.15, 0.2) is 28.7 Å². The maximum atomic E-state index is 6.30. The summed E-state index contributed by atoms with van der Waals surface area (Å²) in [7, 11) is 1.62. The number of benzene rings is 1. The van der Waals surface area contributed by atoms with Crippen LogP contribution in [0, 0.1) is 6.92 Å². The number of halogens is 2. The molecule has 1 aromatic carbocycles. The lowest BCUT2D eigenvalue weighted by Gasteiger charge is -2.08. The zero-order valence-corrected chi connectivity index (χ0v) is 13.8. The Hall–Kier alpha value is -1.20. The normalized spacial score (nSPS) is 12.8. The van der Waals surface area contributed by atoms with Crippen molar-refractivity contribution in [2.45, 2.75) is 13.0 Å². The summed E-state index contributed by atoms with van der Waals surface area (Å²) < 4.78 is 12.3. The van der Waals surface area contributed by atoms with E-state index in [-0.39, 0.29) is 0 Å². The van der Waals surface area contributed by atoms with E-state index in [4.69, 9.17) is 38.1 Å². The fourth-order valence-corrected chi connectivity index (χ4v) is 3.90. The Bertz CT molecular complexity index is 809. The number of rotatable bonds is 3. The molecule has 3 rings (SSSR count). The number of hydrogen-bond donors (Lipinski definition) is 1. The van der Waals surface area contributed by atoms with Crippen LogP contribution >= 0.6 is 34.5 Å². The van der Waals surface area contributed by atoms with Gasteiger partial charge in [0.1, 0.15) is 17.1 Å². The van der Waals surface area contributed by atoms with Crippen LogP contribution < -0.4 is 10.5 Å². The molecule has 21 heavy (non-hydrogen) atoms. The van der Waals surface area contributed by atoms with Gasteiger partial charge in [0.05, 0.1) is 21.8 Å². The Labute approximate surface area is 136 Å². The standard InChI is InChI=1S/C15H13Cl2NO2S/c1-7-9-4-3-8(19-2)5-11(9)20-14(7)13(18)10-6-12(16)21-15(10)17/h3-6,13H,18H2,1-2H3. The van der Waals surface area contributed by atoms with Crippen molar-refractivity contribution in [2.75, 3.05) is 7.11 Å². The predicted molar refractivity (Wildman–Crippen MR) is 87.9 cm³/mol. The number of nitrogens with two attached hydrogens (primary N) is 1. The third-order valence-corrected chi connectivity index (χ3v) is 5.00. The van der Waals surface area contributed by atoms with E-state index in [0.29, 0.717) is 14.4 Å². The third-order valence-electron chi connectivity index (χ3n) is 3.48. The molecule has 0 bridgehead atoms. The lowest BCUT2D eigenvalue weighted by atomic mass is 10.0. The second-order valence-electron chi connectivity index (χ2n) is 4.71. The van der Waals surface area contributed by atoms with E-state index in [1.807, 2.05) is 25.1 Å². The number of hydrogen-bond acceptors (Lipinski definition) is 4. The number of fused-ring (bicyclic) bond motifs is 1. The molecule has 2 N–H and O–H groups in total. The maximum absolute atomic E-state index is 6.30. The van der Waals surface area contributed by atoms with Crippen LogP contribution in [0.2, 0.25) is 8.67 Å². The van der Waals surface area contributed by atoms with Crippen molar-refractivity contribution in [3.05, 3.63) is 49.8 Å². The quantitative estimate of drug-likeness (QED) is 0.715. The molecule has 0 fully saturated rings. The molecule has 1 unspecified atom stereocenters. The summed E-state index contributed by atoms with van der Waals surface area (Å²) in [6.45, 7) is 1.98. The Morgan fingerprint density at radius 3 is 2.67 bits per heavy atom. The lowest BCUT2D eigenvalue weighted by molar-refractivity contribution is 0.414. The summed E-state index contributed by atoms with van der Waals surface area (Å²) in [5.74, 6) is 1.43. The van der Waals surface area contributed by atoms with E-state index >= 15 is 0 Å². The first-order valence-electron chi connectivity index (χ1n) is 6.28. The molecule has 2 aromatic heterocycles. The van der Waals surface area contributed by atoms with Crippen molar-refractivity contribution in [1.29, 1.82) is 0 Å². The van der Waals surface area contributed by atoms with Crippen molar-refractivity contribution >= 4 is 45.5 Å². The van der Waals surface area contributed by atoms with E-state index in [0.717, 1.165) is 27.8 Å². The molecule has 6 heteroatoms. The topological polar surface area (TPSA) is 48.4 Å². The summed E-state index contributed by atoms with van der Waals surface area (Å²) in [5, 5.41) is 1.01. The van der Waals surface area contributed by atoms with Gasteiger partial charge in [0.2, 0.25) is 0 Å². The minimum absolute atomic E-state index is 0.445. The van der Waals surface area contributed by atoms with Crippen LogP contribution in [0.1, 0.15) is 22.9 Å². The summed E-state index contributed by atoms with van der Waals surface area (Å²) in [4.78, 5) is 0. The molecule has 3 aromatic rings. The fourth-order valence-electron chi connectivity index (χ4n) is 2.35. The van der Waals surface area contributed by atoms with Gasteiger partial charge in [0.15, 0.2) is 0 Å². The molecule has 110 valence electrons. The molecule has 0 saturated carbocycles. The van der Waals surface area contributed by atoms with Crippen LogP contribution in [-0.2, 0) is 0 Å². The third kappa shape index (κ3) is 2.53. The van der Waals surface area contributed by atoms with Crippen LogP contribution in [0.3, 0.4) is 0 Å². The van der Waals surface area contributed by atoms with E-state index in [1.165, 1.54) is 11.3 Å². The summed E-state index contributed by atoms with van der Waals surface area (Å²) in [5.41, 5.74) is 8.83. The van der Waals surface area contributed by atoms with E-state index in [9.17, 15) is 0 Å². The molecule has 0 spiro atoms. The van der Waals surface area contributed by atoms with Crippen molar-refractivity contribution in [2.24, 2.45) is 5.73 Å². The lowest BCUT2D eigenvalue weighted by Crippen LogP contribution is -2.11. The zero-order chi connectivity index (χ0) is 15.1. The molecule has 0 radical (unpaired) electrons. The van der Waals surface area contributed by atoms with Gasteiger partial charge < -0.3 is 14.9 Å². The zero-order valence-electron chi connectivity index (χ0n) is 11.4. The summed E-state index contributed by atoms with van der Waals surface area (Å²) >= 11 is 13.5. The number of aryl methyl sites for hydroxylation is 1. The largest absolute Gasteiger partial charge is 0.497 e. The fraction of sp³-hybridized carbons (Fsp3) is 0.200. The van der Waals surface area contributed by atoms with Crippen LogP contribution in [-0.4, -0.2) is 7.11 Å². The van der Waals surface area contributed by atoms with Crippen molar-refractivity contribution in [1.82, 2.24) is 0 Å². The van der Waals surface area contributed by atoms with Gasteiger partial charge in [-0.1, -0.05) is 23.2 Å². The molecular formula is C15H13Cl2NO2S. The Morgan fingerprint density at radius 1 is 1.29 bits per heavy atom. The number of thiophene rings is 1. The first-order chi connectivity index (χ1) is 10.0. The van der Waals surface area contributed by atoms with E-state index in [1.54, 1.807) is 13.2 Å². The van der Waals surface area contributed by atoms with Gasteiger partial charge in [-0.25, -0.2) is 0 Å². The van der Waals surface area contributed by atoms with Gasteiger partial charge in [-0.05, 0) is 25.1 Å².